The minimum Gasteiger partial charge on any atom is -0.355 e. The molecule has 0 saturated heterocycles. The summed E-state index contributed by atoms with van der Waals surface area (Å²) in [5.74, 6) is 0.811. The van der Waals surface area contributed by atoms with Gasteiger partial charge in [-0.3, -0.25) is 4.79 Å². The molecule has 5 heteroatoms. The molecular weight excluding hydrogens is 308 g/mol. The third kappa shape index (κ3) is 2.37. The van der Waals surface area contributed by atoms with E-state index in [2.05, 4.69) is 5.16 Å². The highest BCUT2D eigenvalue weighted by atomic mass is 32.1. The van der Waals surface area contributed by atoms with Crippen LogP contribution in [-0.2, 0) is 10.2 Å². The van der Waals surface area contributed by atoms with Crippen LogP contribution in [-0.4, -0.2) is 18.1 Å². The highest BCUT2D eigenvalue weighted by Crippen LogP contribution is 2.50. The number of carbonyl (C=O) groups is 1. The summed E-state index contributed by atoms with van der Waals surface area (Å²) < 4.78 is 5.46. The second-order valence-corrected chi connectivity index (χ2v) is 6.78. The predicted molar refractivity (Wildman–Crippen MR) is 90.6 cm³/mol. The molecule has 23 heavy (non-hydrogen) atoms. The van der Waals surface area contributed by atoms with Crippen LogP contribution in [0.3, 0.4) is 0 Å². The van der Waals surface area contributed by atoms with Gasteiger partial charge >= 0.3 is 0 Å². The summed E-state index contributed by atoms with van der Waals surface area (Å²) in [6.45, 7) is 0. The summed E-state index contributed by atoms with van der Waals surface area (Å²) in [6.07, 6.45) is 1.64. The van der Waals surface area contributed by atoms with Gasteiger partial charge in [-0.05, 0) is 36.4 Å². The number of likely N-dealkylation sites (N-methyl/N-ethyl adjacent to an activating group) is 1. The van der Waals surface area contributed by atoms with E-state index in [1.807, 2.05) is 61.0 Å². The fourth-order valence-electron chi connectivity index (χ4n) is 2.83. The molecule has 1 aliphatic carbocycles. The van der Waals surface area contributed by atoms with Crippen molar-refractivity contribution in [2.24, 2.45) is 0 Å². The van der Waals surface area contributed by atoms with Crippen LogP contribution in [0.4, 0.5) is 5.69 Å². The minimum absolute atomic E-state index is 0.0785. The van der Waals surface area contributed by atoms with E-state index >= 15 is 0 Å². The van der Waals surface area contributed by atoms with Gasteiger partial charge in [-0.2, -0.15) is 0 Å². The van der Waals surface area contributed by atoms with Crippen molar-refractivity contribution in [1.82, 2.24) is 5.16 Å². The number of hydrogen-bond donors (Lipinski definition) is 0. The van der Waals surface area contributed by atoms with Crippen molar-refractivity contribution in [2.45, 2.75) is 18.3 Å². The van der Waals surface area contributed by atoms with Crippen LogP contribution >= 0.6 is 11.3 Å². The Morgan fingerprint density at radius 1 is 1.22 bits per heavy atom. The van der Waals surface area contributed by atoms with E-state index in [4.69, 9.17) is 4.52 Å². The van der Waals surface area contributed by atoms with Crippen LogP contribution in [0.15, 0.2) is 58.4 Å². The molecule has 0 unspecified atom stereocenters. The molecular formula is C18H16N2O2S. The smallest absolute Gasteiger partial charge is 0.239 e. The second-order valence-electron chi connectivity index (χ2n) is 5.84. The summed E-state index contributed by atoms with van der Waals surface area (Å²) in [6, 6.07) is 15.6. The van der Waals surface area contributed by atoms with Crippen LogP contribution in [0, 0.1) is 0 Å². The Bertz CT molecular complexity index is 820. The number of aromatic nitrogens is 1. The third-order valence-corrected chi connectivity index (χ3v) is 5.26. The lowest BCUT2D eigenvalue weighted by Gasteiger charge is -2.22. The summed E-state index contributed by atoms with van der Waals surface area (Å²) in [5, 5.41) is 6.19. The molecule has 0 N–H and O–H groups in total. The van der Waals surface area contributed by atoms with E-state index in [0.717, 1.165) is 34.9 Å². The number of amides is 1. The average molecular weight is 324 g/mol. The summed E-state index contributed by atoms with van der Waals surface area (Å²) in [4.78, 5) is 15.7. The van der Waals surface area contributed by atoms with Gasteiger partial charge in [0.15, 0.2) is 5.76 Å². The van der Waals surface area contributed by atoms with Gasteiger partial charge in [0.1, 0.15) is 0 Å². The Morgan fingerprint density at radius 3 is 2.65 bits per heavy atom. The van der Waals surface area contributed by atoms with Crippen molar-refractivity contribution in [3.63, 3.8) is 0 Å². The van der Waals surface area contributed by atoms with Gasteiger partial charge in [-0.1, -0.05) is 29.4 Å². The molecule has 4 nitrogen and oxygen atoms in total. The van der Waals surface area contributed by atoms with E-state index < -0.39 is 5.41 Å². The fourth-order valence-corrected chi connectivity index (χ4v) is 3.50. The maximum absolute atomic E-state index is 13.0. The lowest BCUT2D eigenvalue weighted by atomic mass is 10.00. The van der Waals surface area contributed by atoms with Crippen LogP contribution in [0.5, 0.6) is 0 Å². The first kappa shape index (κ1) is 14.2. The Kier molecular flexibility index (Phi) is 3.31. The number of benzene rings is 1. The molecule has 0 spiro atoms. The summed E-state index contributed by atoms with van der Waals surface area (Å²) >= 11 is 1.60. The summed E-state index contributed by atoms with van der Waals surface area (Å²) in [5.41, 5.74) is 1.11. The van der Waals surface area contributed by atoms with Crippen molar-refractivity contribution < 1.29 is 9.32 Å². The lowest BCUT2D eigenvalue weighted by Crippen LogP contribution is -2.36. The van der Waals surface area contributed by atoms with Gasteiger partial charge in [0.2, 0.25) is 5.91 Å². The van der Waals surface area contributed by atoms with Crippen molar-refractivity contribution in [1.29, 1.82) is 0 Å². The maximum atomic E-state index is 13.0. The van der Waals surface area contributed by atoms with Crippen LogP contribution in [0.1, 0.15) is 18.5 Å². The van der Waals surface area contributed by atoms with Crippen molar-refractivity contribution in [3.8, 4) is 10.6 Å². The molecule has 1 aromatic carbocycles. The molecule has 3 aromatic rings. The standard InChI is InChI=1S/C18H16N2O2S/c1-20(13-6-3-2-4-7-13)17(21)18(9-10-18)16-12-14(22-19-16)15-8-5-11-23-15/h2-8,11-12H,9-10H2,1H3. The molecule has 0 atom stereocenters. The van der Waals surface area contributed by atoms with E-state index in [9.17, 15) is 4.79 Å². The van der Waals surface area contributed by atoms with Crippen LogP contribution in [0.25, 0.3) is 10.6 Å². The maximum Gasteiger partial charge on any atom is 0.239 e. The van der Waals surface area contributed by atoms with Gasteiger partial charge in [0.25, 0.3) is 0 Å². The molecule has 1 aliphatic rings. The number of nitrogens with zero attached hydrogens (tertiary/aromatic N) is 2. The summed E-state index contributed by atoms with van der Waals surface area (Å²) in [7, 11) is 1.82. The number of rotatable bonds is 4. The Morgan fingerprint density at radius 2 is 2.00 bits per heavy atom. The number of para-hydroxylation sites is 1. The highest BCUT2D eigenvalue weighted by Gasteiger charge is 2.55. The zero-order valence-electron chi connectivity index (χ0n) is 12.7. The third-order valence-electron chi connectivity index (χ3n) is 4.37. The molecule has 0 radical (unpaired) electrons. The number of anilines is 1. The zero-order chi connectivity index (χ0) is 15.9. The first-order valence-corrected chi connectivity index (χ1v) is 8.43. The monoisotopic (exact) mass is 324 g/mol. The predicted octanol–water partition coefficient (Wildman–Crippen LogP) is 4.10. The van der Waals surface area contributed by atoms with Gasteiger partial charge in [-0.15, -0.1) is 11.3 Å². The second kappa shape index (κ2) is 5.35. The fraction of sp³-hybridized carbons (Fsp3) is 0.222. The molecule has 4 rings (SSSR count). The lowest BCUT2D eigenvalue weighted by molar-refractivity contribution is -0.120. The molecule has 2 heterocycles. The van der Waals surface area contributed by atoms with Gasteiger partial charge < -0.3 is 9.42 Å². The van der Waals surface area contributed by atoms with E-state index in [0.29, 0.717) is 0 Å². The van der Waals surface area contributed by atoms with E-state index in [1.54, 1.807) is 16.2 Å². The molecule has 1 saturated carbocycles. The first-order chi connectivity index (χ1) is 11.2. The SMILES string of the molecule is CN(C(=O)C1(c2cc(-c3cccs3)on2)CC1)c1ccccc1. The quantitative estimate of drug-likeness (QED) is 0.726. The Hall–Kier alpha value is -2.40. The molecule has 0 bridgehead atoms. The van der Waals surface area contributed by atoms with Crippen molar-refractivity contribution in [3.05, 3.63) is 59.6 Å². The van der Waals surface area contributed by atoms with Gasteiger partial charge in [0.05, 0.1) is 16.0 Å². The van der Waals surface area contributed by atoms with Gasteiger partial charge in [0, 0.05) is 18.8 Å². The van der Waals surface area contributed by atoms with Crippen molar-refractivity contribution in [2.75, 3.05) is 11.9 Å². The van der Waals surface area contributed by atoms with E-state index in [1.165, 1.54) is 0 Å². The topological polar surface area (TPSA) is 46.3 Å². The Labute approximate surface area is 138 Å². The highest BCUT2D eigenvalue weighted by molar-refractivity contribution is 7.13. The molecule has 2 aromatic heterocycles. The number of thiophene rings is 1. The normalized spacial score (nSPS) is 15.3. The zero-order valence-corrected chi connectivity index (χ0v) is 13.5. The van der Waals surface area contributed by atoms with Gasteiger partial charge in [-0.25, -0.2) is 0 Å². The Balaban J connectivity index is 1.62. The minimum atomic E-state index is -0.524. The van der Waals surface area contributed by atoms with E-state index in [-0.39, 0.29) is 5.91 Å². The largest absolute Gasteiger partial charge is 0.355 e. The number of carbonyl (C=O) groups excluding carboxylic acids is 1. The molecule has 116 valence electrons. The van der Waals surface area contributed by atoms with Crippen LogP contribution < -0.4 is 4.90 Å². The number of hydrogen-bond acceptors (Lipinski definition) is 4. The van der Waals surface area contributed by atoms with Crippen molar-refractivity contribution >= 4 is 22.9 Å². The molecule has 1 fully saturated rings. The van der Waals surface area contributed by atoms with Crippen LogP contribution in [0.2, 0.25) is 0 Å². The first-order valence-electron chi connectivity index (χ1n) is 7.55. The average Bonchev–Trinajstić information content (AvgIpc) is 3.03. The molecule has 1 amide bonds. The molecule has 0 aliphatic heterocycles.